The Balaban J connectivity index is 2.26. The van der Waals surface area contributed by atoms with Gasteiger partial charge in [0.2, 0.25) is 0 Å². The smallest absolute Gasteiger partial charge is 0.137 e. The van der Waals surface area contributed by atoms with E-state index < -0.39 is 0 Å². The van der Waals surface area contributed by atoms with Gasteiger partial charge in [-0.2, -0.15) is 0 Å². The average Bonchev–Trinajstić information content (AvgIpc) is 2.70. The number of pyridine rings is 1. The molecule has 0 aliphatic rings. The van der Waals surface area contributed by atoms with Crippen molar-refractivity contribution in [2.45, 2.75) is 0 Å². The molecule has 0 saturated carbocycles. The summed E-state index contributed by atoms with van der Waals surface area (Å²) in [5, 5.41) is 19.7. The molecule has 5 nitrogen and oxygen atoms in total. The number of rotatable bonds is 1. The van der Waals surface area contributed by atoms with E-state index in [9.17, 15) is 10.2 Å². The second-order valence-electron chi connectivity index (χ2n) is 4.03. The summed E-state index contributed by atoms with van der Waals surface area (Å²) in [5.41, 5.74) is 7.36. The van der Waals surface area contributed by atoms with Gasteiger partial charge in [0, 0.05) is 30.2 Å². The fourth-order valence-electron chi connectivity index (χ4n) is 1.95. The molecule has 3 aromatic rings. The third-order valence-corrected chi connectivity index (χ3v) is 2.74. The van der Waals surface area contributed by atoms with E-state index in [1.807, 2.05) is 28.8 Å². The van der Waals surface area contributed by atoms with Crippen molar-refractivity contribution in [2.24, 2.45) is 0 Å². The number of imidazole rings is 1. The lowest BCUT2D eigenvalue weighted by molar-refractivity contribution is 0.454. The van der Waals surface area contributed by atoms with Gasteiger partial charge in [0.05, 0.1) is 11.3 Å². The zero-order chi connectivity index (χ0) is 12.7. The van der Waals surface area contributed by atoms with E-state index in [0.29, 0.717) is 11.4 Å². The first-order chi connectivity index (χ1) is 8.65. The van der Waals surface area contributed by atoms with Crippen molar-refractivity contribution in [3.05, 3.63) is 42.7 Å². The van der Waals surface area contributed by atoms with E-state index in [-0.39, 0.29) is 17.1 Å². The first kappa shape index (κ1) is 10.5. The molecule has 0 unspecified atom stereocenters. The molecule has 0 aliphatic heterocycles. The van der Waals surface area contributed by atoms with Crippen molar-refractivity contribution < 1.29 is 10.2 Å². The Morgan fingerprint density at radius 2 is 1.83 bits per heavy atom. The van der Waals surface area contributed by atoms with Gasteiger partial charge in [-0.05, 0) is 12.1 Å². The summed E-state index contributed by atoms with van der Waals surface area (Å²) in [6, 6.07) is 8.36. The average molecular weight is 241 g/mol. The fourth-order valence-corrected chi connectivity index (χ4v) is 1.95. The predicted octanol–water partition coefficient (Wildman–Crippen LogP) is 1.99. The first-order valence-corrected chi connectivity index (χ1v) is 5.41. The molecular weight excluding hydrogens is 230 g/mol. The minimum Gasteiger partial charge on any atom is -0.507 e. The quantitative estimate of drug-likeness (QED) is 0.569. The highest BCUT2D eigenvalue weighted by molar-refractivity contribution is 5.77. The third kappa shape index (κ3) is 1.53. The lowest BCUT2D eigenvalue weighted by atomic mass is 10.1. The van der Waals surface area contributed by atoms with Crippen LogP contribution < -0.4 is 5.73 Å². The van der Waals surface area contributed by atoms with Gasteiger partial charge in [-0.1, -0.05) is 6.07 Å². The van der Waals surface area contributed by atoms with Crippen LogP contribution in [0.15, 0.2) is 42.7 Å². The summed E-state index contributed by atoms with van der Waals surface area (Å²) in [5.74, 6) is -0.174. The van der Waals surface area contributed by atoms with Crippen LogP contribution in [0.1, 0.15) is 0 Å². The first-order valence-electron chi connectivity index (χ1n) is 5.41. The van der Waals surface area contributed by atoms with Gasteiger partial charge < -0.3 is 20.3 Å². The summed E-state index contributed by atoms with van der Waals surface area (Å²) in [6.07, 6.45) is 3.58. The molecule has 0 saturated heterocycles. The highest BCUT2D eigenvalue weighted by Gasteiger charge is 2.14. The van der Waals surface area contributed by atoms with Crippen molar-refractivity contribution in [1.82, 2.24) is 9.38 Å². The number of nitrogen functional groups attached to an aromatic ring is 1. The minimum absolute atomic E-state index is 0.0871. The molecule has 0 amide bonds. The number of fused-ring (bicyclic) bond motifs is 1. The van der Waals surface area contributed by atoms with Crippen LogP contribution in [0.5, 0.6) is 11.5 Å². The molecule has 90 valence electrons. The number of phenols is 2. The second kappa shape index (κ2) is 3.66. The Bertz CT molecular complexity index is 678. The predicted molar refractivity (Wildman–Crippen MR) is 68.4 cm³/mol. The molecule has 4 N–H and O–H groups in total. The highest BCUT2D eigenvalue weighted by atomic mass is 16.3. The van der Waals surface area contributed by atoms with Crippen LogP contribution in [0.25, 0.3) is 16.9 Å². The van der Waals surface area contributed by atoms with Crippen LogP contribution in [0.2, 0.25) is 0 Å². The van der Waals surface area contributed by atoms with Crippen molar-refractivity contribution in [3.63, 3.8) is 0 Å². The molecule has 0 aliphatic carbocycles. The molecule has 0 spiro atoms. The molecule has 0 fully saturated rings. The minimum atomic E-state index is -0.0871. The molecule has 2 heterocycles. The van der Waals surface area contributed by atoms with Crippen molar-refractivity contribution in [2.75, 3.05) is 5.73 Å². The van der Waals surface area contributed by atoms with Crippen LogP contribution in [0.4, 0.5) is 5.69 Å². The summed E-state index contributed by atoms with van der Waals surface area (Å²) < 4.78 is 1.81. The molecule has 0 radical (unpaired) electrons. The van der Waals surface area contributed by atoms with Gasteiger partial charge in [0.15, 0.2) is 0 Å². The zero-order valence-corrected chi connectivity index (χ0v) is 9.41. The number of anilines is 1. The number of hydrogen-bond donors (Lipinski definition) is 3. The Labute approximate surface area is 103 Å². The van der Waals surface area contributed by atoms with E-state index in [4.69, 9.17) is 5.73 Å². The highest BCUT2D eigenvalue weighted by Crippen LogP contribution is 2.38. The number of benzene rings is 1. The largest absolute Gasteiger partial charge is 0.507 e. The van der Waals surface area contributed by atoms with Crippen LogP contribution in [0, 0.1) is 0 Å². The van der Waals surface area contributed by atoms with Crippen molar-refractivity contribution >= 4 is 11.3 Å². The normalized spacial score (nSPS) is 10.9. The molecule has 3 rings (SSSR count). The summed E-state index contributed by atoms with van der Waals surface area (Å²) in [4.78, 5) is 4.34. The number of aromatic nitrogens is 2. The number of aromatic hydroxyl groups is 2. The van der Waals surface area contributed by atoms with Crippen LogP contribution in [0.3, 0.4) is 0 Å². The van der Waals surface area contributed by atoms with E-state index in [0.717, 1.165) is 5.65 Å². The lowest BCUT2D eigenvalue weighted by Crippen LogP contribution is -1.87. The molecule has 2 aromatic heterocycles. The molecule has 5 heteroatoms. The van der Waals surface area contributed by atoms with Gasteiger partial charge in [0.1, 0.15) is 17.1 Å². The Kier molecular flexibility index (Phi) is 2.13. The molecule has 0 bridgehead atoms. The van der Waals surface area contributed by atoms with Gasteiger partial charge in [0.25, 0.3) is 0 Å². The van der Waals surface area contributed by atoms with Crippen molar-refractivity contribution in [1.29, 1.82) is 0 Å². The van der Waals surface area contributed by atoms with Crippen LogP contribution in [-0.2, 0) is 0 Å². The lowest BCUT2D eigenvalue weighted by Gasteiger charge is -2.05. The van der Waals surface area contributed by atoms with E-state index in [1.54, 1.807) is 6.20 Å². The maximum absolute atomic E-state index is 9.86. The Morgan fingerprint density at radius 1 is 1.11 bits per heavy atom. The van der Waals surface area contributed by atoms with Gasteiger partial charge in [-0.15, -0.1) is 0 Å². The van der Waals surface area contributed by atoms with Gasteiger partial charge in [-0.25, -0.2) is 4.98 Å². The molecule has 18 heavy (non-hydrogen) atoms. The zero-order valence-electron chi connectivity index (χ0n) is 9.41. The number of phenolic OH excluding ortho intramolecular Hbond substituents is 2. The van der Waals surface area contributed by atoms with Gasteiger partial charge in [-0.3, -0.25) is 0 Å². The molecule has 0 atom stereocenters. The number of nitrogens with two attached hydrogens (primary N) is 1. The van der Waals surface area contributed by atoms with Crippen LogP contribution in [-0.4, -0.2) is 19.6 Å². The monoisotopic (exact) mass is 241 g/mol. The van der Waals surface area contributed by atoms with Crippen LogP contribution >= 0.6 is 0 Å². The Morgan fingerprint density at radius 3 is 2.50 bits per heavy atom. The SMILES string of the molecule is Nc1cc(O)c(-c2cn3ccccc3n2)c(O)c1. The summed E-state index contributed by atoms with van der Waals surface area (Å²) in [6.45, 7) is 0. The van der Waals surface area contributed by atoms with Gasteiger partial charge >= 0.3 is 0 Å². The number of hydrogen-bond acceptors (Lipinski definition) is 4. The standard InChI is InChI=1S/C13H11N3O2/c14-8-5-10(17)13(11(18)6-8)9-7-16-4-2-1-3-12(16)15-9/h1-7,17-18H,14H2. The summed E-state index contributed by atoms with van der Waals surface area (Å²) in [7, 11) is 0. The maximum Gasteiger partial charge on any atom is 0.137 e. The van der Waals surface area contributed by atoms with E-state index in [1.165, 1.54) is 12.1 Å². The second-order valence-corrected chi connectivity index (χ2v) is 4.03. The Hall–Kier alpha value is -2.69. The van der Waals surface area contributed by atoms with E-state index in [2.05, 4.69) is 4.98 Å². The number of nitrogens with zero attached hydrogens (tertiary/aromatic N) is 2. The van der Waals surface area contributed by atoms with Crippen molar-refractivity contribution in [3.8, 4) is 22.8 Å². The third-order valence-electron chi connectivity index (χ3n) is 2.74. The topological polar surface area (TPSA) is 83.8 Å². The fraction of sp³-hybridized carbons (Fsp3) is 0. The molecule has 1 aromatic carbocycles. The molecular formula is C13H11N3O2. The van der Waals surface area contributed by atoms with E-state index >= 15 is 0 Å². The maximum atomic E-state index is 9.86. The summed E-state index contributed by atoms with van der Waals surface area (Å²) >= 11 is 0.